The number of nitrogens with one attached hydrogen (secondary N) is 1. The monoisotopic (exact) mass is 323 g/mol. The number of hydrogen-bond acceptors (Lipinski definition) is 5. The van der Waals surface area contributed by atoms with Gasteiger partial charge in [-0.05, 0) is 29.9 Å². The molecule has 1 aromatic heterocycles. The summed E-state index contributed by atoms with van der Waals surface area (Å²) in [5.74, 6) is -0.0496. The Bertz CT molecular complexity index is 646. The second kappa shape index (κ2) is 6.34. The molecule has 1 amide bonds. The van der Waals surface area contributed by atoms with Crippen LogP contribution in [0, 0.1) is 5.41 Å². The van der Waals surface area contributed by atoms with Crippen molar-refractivity contribution in [3.63, 3.8) is 0 Å². The van der Waals surface area contributed by atoms with E-state index in [1.807, 2.05) is 45.2 Å². The van der Waals surface area contributed by atoms with Crippen molar-refractivity contribution < 1.29 is 4.79 Å². The summed E-state index contributed by atoms with van der Waals surface area (Å²) in [5.41, 5.74) is 7.73. The van der Waals surface area contributed by atoms with Gasteiger partial charge in [0.2, 0.25) is 5.91 Å². The van der Waals surface area contributed by atoms with Crippen molar-refractivity contribution >= 4 is 44.9 Å². The number of benzene rings is 1. The highest BCUT2D eigenvalue weighted by molar-refractivity contribution is 8.00. The normalized spacial score (nSPS) is 13.4. The minimum atomic E-state index is -0.160. The second-order valence-electron chi connectivity index (χ2n) is 6.09. The van der Waals surface area contributed by atoms with E-state index in [2.05, 4.69) is 10.3 Å². The molecular weight excluding hydrogens is 302 g/mol. The summed E-state index contributed by atoms with van der Waals surface area (Å²) in [6.45, 7) is 6.12. The summed E-state index contributed by atoms with van der Waals surface area (Å²) >= 11 is 3.26. The number of amides is 1. The van der Waals surface area contributed by atoms with Gasteiger partial charge in [-0.1, -0.05) is 32.5 Å². The van der Waals surface area contributed by atoms with E-state index in [1.54, 1.807) is 23.1 Å². The molecule has 0 fully saturated rings. The maximum Gasteiger partial charge on any atom is 0.225 e. The molecule has 0 aliphatic carbocycles. The third kappa shape index (κ3) is 4.18. The van der Waals surface area contributed by atoms with Gasteiger partial charge in [-0.15, -0.1) is 11.3 Å². The van der Waals surface area contributed by atoms with E-state index in [0.717, 1.165) is 20.2 Å². The van der Waals surface area contributed by atoms with E-state index in [9.17, 15) is 4.79 Å². The number of carbonyl (C=O) groups is 1. The van der Waals surface area contributed by atoms with Gasteiger partial charge in [0.05, 0.1) is 10.2 Å². The lowest BCUT2D eigenvalue weighted by atomic mass is 9.85. The lowest BCUT2D eigenvalue weighted by Gasteiger charge is -2.26. The van der Waals surface area contributed by atoms with E-state index in [4.69, 9.17) is 5.73 Å². The van der Waals surface area contributed by atoms with E-state index >= 15 is 0 Å². The van der Waals surface area contributed by atoms with Crippen molar-refractivity contribution in [1.29, 1.82) is 0 Å². The predicted octanol–water partition coefficient (Wildman–Crippen LogP) is 3.72. The number of aromatic nitrogens is 1. The number of hydrogen-bond donors (Lipinski definition) is 2. The van der Waals surface area contributed by atoms with Gasteiger partial charge >= 0.3 is 0 Å². The minimum Gasteiger partial charge on any atom is -0.327 e. The van der Waals surface area contributed by atoms with Gasteiger partial charge in [0, 0.05) is 18.2 Å². The Morgan fingerprint density at radius 3 is 2.81 bits per heavy atom. The molecule has 114 valence electrons. The maximum atomic E-state index is 12.1. The number of nitrogens with zero attached hydrogens (tertiary/aromatic N) is 1. The van der Waals surface area contributed by atoms with Crippen LogP contribution in [-0.4, -0.2) is 23.2 Å². The molecule has 0 bridgehead atoms. The lowest BCUT2D eigenvalue weighted by Crippen LogP contribution is -2.38. The van der Waals surface area contributed by atoms with Crippen LogP contribution in [0.3, 0.4) is 0 Å². The zero-order valence-corrected chi connectivity index (χ0v) is 14.4. The molecule has 21 heavy (non-hydrogen) atoms. The number of fused-ring (bicyclic) bond motifs is 1. The third-order valence-electron chi connectivity index (χ3n) is 3.34. The average molecular weight is 323 g/mol. The molecule has 6 heteroatoms. The topological polar surface area (TPSA) is 68.0 Å². The first-order valence-corrected chi connectivity index (χ1v) is 8.84. The Balaban J connectivity index is 2.07. The highest BCUT2D eigenvalue weighted by atomic mass is 32.2. The van der Waals surface area contributed by atoms with Gasteiger partial charge in [0.15, 0.2) is 4.34 Å². The van der Waals surface area contributed by atoms with Crippen LogP contribution in [0.4, 0.5) is 5.69 Å². The Labute approximate surface area is 133 Å². The summed E-state index contributed by atoms with van der Waals surface area (Å²) in [4.78, 5) is 16.5. The molecule has 0 saturated carbocycles. The molecule has 2 aromatic rings. The van der Waals surface area contributed by atoms with Crippen molar-refractivity contribution in [2.75, 3.05) is 11.6 Å². The summed E-state index contributed by atoms with van der Waals surface area (Å²) in [6, 6.07) is 5.62. The molecular formula is C15H21N3OS2. The van der Waals surface area contributed by atoms with Gasteiger partial charge in [-0.2, -0.15) is 0 Å². The van der Waals surface area contributed by atoms with Crippen LogP contribution in [0.2, 0.25) is 0 Å². The molecule has 1 aromatic carbocycles. The number of thiazole rings is 1. The Kier molecular flexibility index (Phi) is 4.91. The van der Waals surface area contributed by atoms with E-state index in [-0.39, 0.29) is 17.4 Å². The Morgan fingerprint density at radius 2 is 2.19 bits per heavy atom. The number of rotatable bonds is 4. The largest absolute Gasteiger partial charge is 0.327 e. The molecule has 2 rings (SSSR count). The maximum absolute atomic E-state index is 12.1. The van der Waals surface area contributed by atoms with Crippen molar-refractivity contribution in [3.05, 3.63) is 18.2 Å². The van der Waals surface area contributed by atoms with Crippen LogP contribution in [-0.2, 0) is 4.79 Å². The third-order valence-corrected chi connectivity index (χ3v) is 5.35. The Hall–Kier alpha value is -1.11. The van der Waals surface area contributed by atoms with Gasteiger partial charge in [0.1, 0.15) is 0 Å². The van der Waals surface area contributed by atoms with Crippen LogP contribution < -0.4 is 11.1 Å². The fourth-order valence-electron chi connectivity index (χ4n) is 1.79. The first-order chi connectivity index (χ1) is 9.79. The fraction of sp³-hybridized carbons (Fsp3) is 0.467. The van der Waals surface area contributed by atoms with Crippen LogP contribution in [0.1, 0.15) is 27.2 Å². The van der Waals surface area contributed by atoms with E-state index < -0.39 is 0 Å². The zero-order chi connectivity index (χ0) is 15.6. The van der Waals surface area contributed by atoms with Crippen molar-refractivity contribution in [3.8, 4) is 0 Å². The molecule has 0 radical (unpaired) electrons. The minimum absolute atomic E-state index is 0.0496. The molecule has 0 spiro atoms. The first kappa shape index (κ1) is 16.3. The SMILES string of the molecule is CSc1nc2ccc(NC(=O)CC(N)C(C)(C)C)cc2s1. The van der Waals surface area contributed by atoms with Crippen LogP contribution in [0.25, 0.3) is 10.2 Å². The quantitative estimate of drug-likeness (QED) is 0.842. The van der Waals surface area contributed by atoms with Crippen molar-refractivity contribution in [2.24, 2.45) is 11.1 Å². The smallest absolute Gasteiger partial charge is 0.225 e. The molecule has 0 aliphatic rings. The molecule has 3 N–H and O–H groups in total. The molecule has 1 unspecified atom stereocenters. The number of nitrogens with two attached hydrogens (primary N) is 1. The van der Waals surface area contributed by atoms with E-state index in [1.165, 1.54) is 0 Å². The van der Waals surface area contributed by atoms with Crippen LogP contribution >= 0.6 is 23.1 Å². The van der Waals surface area contributed by atoms with Crippen LogP contribution in [0.5, 0.6) is 0 Å². The van der Waals surface area contributed by atoms with Gasteiger partial charge < -0.3 is 11.1 Å². The number of thioether (sulfide) groups is 1. The lowest BCUT2D eigenvalue weighted by molar-refractivity contribution is -0.117. The van der Waals surface area contributed by atoms with Gasteiger partial charge in [-0.3, -0.25) is 4.79 Å². The zero-order valence-electron chi connectivity index (χ0n) is 12.8. The fourth-order valence-corrected chi connectivity index (χ4v) is 3.32. The standard InChI is InChI=1S/C15H21N3OS2/c1-15(2,3)12(16)8-13(19)17-9-5-6-10-11(7-9)21-14(18-10)20-4/h5-7,12H,8,16H2,1-4H3,(H,17,19). The Morgan fingerprint density at radius 1 is 1.48 bits per heavy atom. The number of anilines is 1. The molecule has 1 heterocycles. The predicted molar refractivity (Wildman–Crippen MR) is 92.1 cm³/mol. The molecule has 4 nitrogen and oxygen atoms in total. The molecule has 0 aliphatic heterocycles. The summed E-state index contributed by atoms with van der Waals surface area (Å²) in [6.07, 6.45) is 2.33. The summed E-state index contributed by atoms with van der Waals surface area (Å²) in [7, 11) is 0. The molecule has 1 atom stereocenters. The van der Waals surface area contributed by atoms with Crippen LogP contribution in [0.15, 0.2) is 22.5 Å². The summed E-state index contributed by atoms with van der Waals surface area (Å²) < 4.78 is 2.11. The highest BCUT2D eigenvalue weighted by Gasteiger charge is 2.23. The van der Waals surface area contributed by atoms with Gasteiger partial charge in [0.25, 0.3) is 0 Å². The summed E-state index contributed by atoms with van der Waals surface area (Å²) in [5, 5.41) is 2.92. The second-order valence-corrected chi connectivity index (χ2v) is 8.18. The first-order valence-electron chi connectivity index (χ1n) is 6.79. The van der Waals surface area contributed by atoms with E-state index in [0.29, 0.717) is 6.42 Å². The average Bonchev–Trinajstić information content (AvgIpc) is 2.79. The molecule has 0 saturated heterocycles. The van der Waals surface area contributed by atoms with Crippen molar-refractivity contribution in [1.82, 2.24) is 4.98 Å². The van der Waals surface area contributed by atoms with Gasteiger partial charge in [-0.25, -0.2) is 4.98 Å². The highest BCUT2D eigenvalue weighted by Crippen LogP contribution is 2.30. The number of carbonyl (C=O) groups excluding carboxylic acids is 1. The van der Waals surface area contributed by atoms with Crippen molar-refractivity contribution in [2.45, 2.75) is 37.6 Å².